The smallest absolute Gasteiger partial charge is 0.270 e. The van der Waals surface area contributed by atoms with Gasteiger partial charge in [0.05, 0.1) is 12.5 Å². The molecule has 1 amide bonds. The lowest BCUT2D eigenvalue weighted by molar-refractivity contribution is -0.122. The number of thioether (sulfide) groups is 1. The Hall–Kier alpha value is -2.55. The molecule has 43 heavy (non-hydrogen) atoms. The van der Waals surface area contributed by atoms with Crippen molar-refractivity contribution < 1.29 is 19.1 Å². The quantitative estimate of drug-likeness (QED) is 0.383. The fourth-order valence-corrected chi connectivity index (χ4v) is 7.82. The number of nitrogens with zero attached hydrogens (tertiary/aromatic N) is 2. The molecule has 3 heterocycles. The second-order valence-electron chi connectivity index (χ2n) is 12.1. The summed E-state index contributed by atoms with van der Waals surface area (Å²) < 4.78 is 11.7. The molecule has 232 valence electrons. The molecule has 1 aliphatic carbocycles. The zero-order valence-electron chi connectivity index (χ0n) is 25.5. The highest BCUT2D eigenvalue weighted by Crippen LogP contribution is 2.41. The number of anilines is 1. The molecule has 2 aliphatic heterocycles. The van der Waals surface area contributed by atoms with E-state index in [-0.39, 0.29) is 29.4 Å². The fraction of sp³-hybridized carbons (Fsp3) is 0.559. The maximum absolute atomic E-state index is 13.3. The first kappa shape index (κ1) is 31.9. The number of carbonyl (C=O) groups is 2. The number of carbonyl (C=O) groups excluding carboxylic acids is 2. The predicted octanol–water partition coefficient (Wildman–Crippen LogP) is 6.69. The van der Waals surface area contributed by atoms with E-state index in [0.717, 1.165) is 43.5 Å². The number of hydrogen-bond acceptors (Lipinski definition) is 7. The standard InChI is InChI=1S/C34H44ClN3O4S/c1-4-6-23-17-26(35)10-12-27(23)25-19-38-18-24-9-11-28(24)30(39)8-5-7-22(2)32(15-16-41-3)43-21-36-34(40)29-13-14-31(42-20-25)33(38)37-29/h5,8,10,12-14,17,22,24-25,28,32H,4,6-7,9,11,15-16,18-21H2,1-3H3,(H,36,40)/b8-5+. The van der Waals surface area contributed by atoms with Crippen molar-refractivity contribution in [3.8, 4) is 5.75 Å². The van der Waals surface area contributed by atoms with Gasteiger partial charge in [-0.1, -0.05) is 44.0 Å². The molecule has 0 spiro atoms. The molecule has 1 aromatic carbocycles. The lowest BCUT2D eigenvalue weighted by Gasteiger charge is -2.39. The third-order valence-electron chi connectivity index (χ3n) is 9.12. The molecule has 9 heteroatoms. The van der Waals surface area contributed by atoms with Crippen molar-refractivity contribution >= 4 is 40.9 Å². The SMILES string of the molecule is CCCc1cc(Cl)ccc1C1COc2ccc3nc2N(C1)CC1CCC1C(=O)/C=C/CC(C)C(CCOC)SCNC3=O. The third kappa shape index (κ3) is 7.76. The summed E-state index contributed by atoms with van der Waals surface area (Å²) >= 11 is 8.11. The van der Waals surface area contributed by atoms with E-state index in [9.17, 15) is 9.59 Å². The van der Waals surface area contributed by atoms with Crippen LogP contribution in [0.25, 0.3) is 0 Å². The average Bonchev–Trinajstić information content (AvgIpc) is 3.15. The Labute approximate surface area is 265 Å². The van der Waals surface area contributed by atoms with Crippen LogP contribution in [-0.4, -0.2) is 61.2 Å². The summed E-state index contributed by atoms with van der Waals surface area (Å²) in [7, 11) is 1.71. The van der Waals surface area contributed by atoms with Crippen LogP contribution in [0.4, 0.5) is 5.82 Å². The first-order valence-corrected chi connectivity index (χ1v) is 17.1. The van der Waals surface area contributed by atoms with E-state index in [2.05, 4.69) is 36.2 Å². The van der Waals surface area contributed by atoms with E-state index < -0.39 is 0 Å². The Morgan fingerprint density at radius 3 is 2.81 bits per heavy atom. The van der Waals surface area contributed by atoms with Crippen molar-refractivity contribution in [2.45, 2.75) is 63.5 Å². The van der Waals surface area contributed by atoms with Gasteiger partial charge >= 0.3 is 0 Å². The minimum Gasteiger partial charge on any atom is -0.489 e. The van der Waals surface area contributed by atoms with Crippen LogP contribution in [0.5, 0.6) is 5.75 Å². The Kier molecular flexibility index (Phi) is 11.1. The summed E-state index contributed by atoms with van der Waals surface area (Å²) in [6.07, 6.45) is 9.42. The number of aromatic nitrogens is 1. The number of methoxy groups -OCH3 is 1. The molecule has 3 aliphatic rings. The number of aryl methyl sites for hydroxylation is 1. The van der Waals surface area contributed by atoms with Gasteiger partial charge in [-0.05, 0) is 85.4 Å². The number of allylic oxidation sites excluding steroid dienone is 2. The Balaban J connectivity index is 1.46. The van der Waals surface area contributed by atoms with E-state index in [0.29, 0.717) is 60.6 Å². The van der Waals surface area contributed by atoms with Gasteiger partial charge in [0.15, 0.2) is 17.4 Å². The number of pyridine rings is 1. The van der Waals surface area contributed by atoms with Gasteiger partial charge in [-0.2, -0.15) is 0 Å². The van der Waals surface area contributed by atoms with Crippen LogP contribution >= 0.6 is 23.4 Å². The molecular formula is C34H44ClN3O4S. The molecule has 5 atom stereocenters. The minimum atomic E-state index is -0.196. The monoisotopic (exact) mass is 625 g/mol. The molecule has 5 unspecified atom stereocenters. The summed E-state index contributed by atoms with van der Waals surface area (Å²) in [6.45, 7) is 6.91. The highest BCUT2D eigenvalue weighted by Gasteiger charge is 2.38. The van der Waals surface area contributed by atoms with Crippen LogP contribution in [0.15, 0.2) is 42.5 Å². The van der Waals surface area contributed by atoms with Crippen LogP contribution < -0.4 is 15.0 Å². The number of ketones is 1. The zero-order valence-corrected chi connectivity index (χ0v) is 27.1. The largest absolute Gasteiger partial charge is 0.489 e. The topological polar surface area (TPSA) is 80.8 Å². The van der Waals surface area contributed by atoms with Crippen molar-refractivity contribution in [3.05, 3.63) is 64.3 Å². The highest BCUT2D eigenvalue weighted by molar-refractivity contribution is 7.99. The van der Waals surface area contributed by atoms with Crippen LogP contribution in [-0.2, 0) is 16.0 Å². The van der Waals surface area contributed by atoms with Crippen molar-refractivity contribution in [3.63, 3.8) is 0 Å². The van der Waals surface area contributed by atoms with Gasteiger partial charge in [-0.3, -0.25) is 9.59 Å². The van der Waals surface area contributed by atoms with E-state index in [1.165, 1.54) is 11.1 Å². The first-order chi connectivity index (χ1) is 20.9. The van der Waals surface area contributed by atoms with E-state index in [1.807, 2.05) is 24.3 Å². The molecule has 0 saturated heterocycles. The molecule has 2 bridgehead atoms. The van der Waals surface area contributed by atoms with Gasteiger partial charge < -0.3 is 19.7 Å². The minimum absolute atomic E-state index is 0.00430. The van der Waals surface area contributed by atoms with Gasteiger partial charge in [0, 0.05) is 48.9 Å². The van der Waals surface area contributed by atoms with Crippen LogP contribution in [0, 0.1) is 17.8 Å². The molecule has 1 saturated carbocycles. The summed E-state index contributed by atoms with van der Waals surface area (Å²) in [6, 6.07) is 9.78. The second-order valence-corrected chi connectivity index (χ2v) is 13.8. The summed E-state index contributed by atoms with van der Waals surface area (Å²) in [5.74, 6) is 2.51. The number of benzene rings is 1. The number of rotatable bonds is 6. The molecule has 5 rings (SSSR count). The van der Waals surface area contributed by atoms with Crippen LogP contribution in [0.3, 0.4) is 0 Å². The maximum atomic E-state index is 13.3. The lowest BCUT2D eigenvalue weighted by atomic mass is 9.71. The van der Waals surface area contributed by atoms with E-state index >= 15 is 0 Å². The van der Waals surface area contributed by atoms with Gasteiger partial charge in [-0.25, -0.2) is 4.98 Å². The normalized spacial score (nSPS) is 27.2. The number of ether oxygens (including phenoxy) is 2. The van der Waals surface area contributed by atoms with Crippen LogP contribution in [0.2, 0.25) is 5.02 Å². The summed E-state index contributed by atoms with van der Waals surface area (Å²) in [4.78, 5) is 33.8. The van der Waals surface area contributed by atoms with E-state index in [1.54, 1.807) is 24.9 Å². The third-order valence-corrected chi connectivity index (χ3v) is 10.8. The molecule has 1 fully saturated rings. The summed E-state index contributed by atoms with van der Waals surface area (Å²) in [5, 5.41) is 4.10. The molecular weight excluding hydrogens is 582 g/mol. The van der Waals surface area contributed by atoms with Crippen molar-refractivity contribution in [1.29, 1.82) is 0 Å². The van der Waals surface area contributed by atoms with Gasteiger partial charge in [0.25, 0.3) is 5.91 Å². The number of nitrogens with one attached hydrogen (secondary N) is 1. The average molecular weight is 626 g/mol. The van der Waals surface area contributed by atoms with Crippen LogP contribution in [0.1, 0.15) is 73.5 Å². The molecule has 0 radical (unpaired) electrons. The molecule has 2 aromatic rings. The van der Waals surface area contributed by atoms with Gasteiger partial charge in [-0.15, -0.1) is 11.8 Å². The van der Waals surface area contributed by atoms with Crippen molar-refractivity contribution in [1.82, 2.24) is 10.3 Å². The van der Waals surface area contributed by atoms with Crippen molar-refractivity contribution in [2.75, 3.05) is 44.2 Å². The highest BCUT2D eigenvalue weighted by atomic mass is 35.5. The zero-order chi connectivity index (χ0) is 30.3. The molecule has 7 nitrogen and oxygen atoms in total. The fourth-order valence-electron chi connectivity index (χ4n) is 6.49. The Morgan fingerprint density at radius 1 is 1.19 bits per heavy atom. The lowest BCUT2D eigenvalue weighted by Crippen LogP contribution is -2.43. The molecule has 1 N–H and O–H groups in total. The summed E-state index contributed by atoms with van der Waals surface area (Å²) in [5.41, 5.74) is 2.85. The number of amides is 1. The number of halogens is 1. The second kappa shape index (κ2) is 15.0. The van der Waals surface area contributed by atoms with Gasteiger partial charge in [0.2, 0.25) is 0 Å². The van der Waals surface area contributed by atoms with Gasteiger partial charge in [0.1, 0.15) is 5.69 Å². The van der Waals surface area contributed by atoms with E-state index in [4.69, 9.17) is 26.1 Å². The number of fused-ring (bicyclic) bond motifs is 2. The maximum Gasteiger partial charge on any atom is 0.270 e. The molecule has 1 aromatic heterocycles. The predicted molar refractivity (Wildman–Crippen MR) is 174 cm³/mol. The Morgan fingerprint density at radius 2 is 2.05 bits per heavy atom. The van der Waals surface area contributed by atoms with Crippen molar-refractivity contribution in [2.24, 2.45) is 17.8 Å². The number of hydrogen-bond donors (Lipinski definition) is 1. The Bertz CT molecular complexity index is 1320. The first-order valence-electron chi connectivity index (χ1n) is 15.6.